The van der Waals surface area contributed by atoms with Crippen LogP contribution in [0.5, 0.6) is 0 Å². The Bertz CT molecular complexity index is 1360. The van der Waals surface area contributed by atoms with Gasteiger partial charge in [-0.3, -0.25) is 15.1 Å². The number of ether oxygens (including phenoxy) is 1. The van der Waals surface area contributed by atoms with Crippen LogP contribution in [0.2, 0.25) is 0 Å². The Labute approximate surface area is 205 Å². The van der Waals surface area contributed by atoms with Gasteiger partial charge >= 0.3 is 5.97 Å². The highest BCUT2D eigenvalue weighted by molar-refractivity contribution is 7.89. The third-order valence-corrected chi connectivity index (χ3v) is 7.36. The summed E-state index contributed by atoms with van der Waals surface area (Å²) < 4.78 is 29.0. The average molecular weight is 493 g/mol. The van der Waals surface area contributed by atoms with Gasteiger partial charge in [0.15, 0.2) is 0 Å². The maximum absolute atomic E-state index is 12.6. The Kier molecular flexibility index (Phi) is 7.02. The number of nitrogens with one attached hydrogen (secondary N) is 1. The van der Waals surface area contributed by atoms with Crippen molar-refractivity contribution >= 4 is 21.8 Å². The average Bonchev–Trinajstić information content (AvgIpc) is 3.27. The van der Waals surface area contributed by atoms with E-state index in [1.165, 1.54) is 13.2 Å². The van der Waals surface area contributed by atoms with E-state index in [-0.39, 0.29) is 28.5 Å². The van der Waals surface area contributed by atoms with Crippen LogP contribution in [0, 0.1) is 11.3 Å². The first kappa shape index (κ1) is 24.6. The summed E-state index contributed by atoms with van der Waals surface area (Å²) in [5.41, 5.74) is 9.58. The van der Waals surface area contributed by atoms with Gasteiger partial charge in [-0.15, -0.1) is 0 Å². The van der Waals surface area contributed by atoms with Crippen molar-refractivity contribution in [3.63, 3.8) is 0 Å². The Hall–Kier alpha value is -3.53. The zero-order chi connectivity index (χ0) is 25.2. The van der Waals surface area contributed by atoms with Crippen LogP contribution in [-0.2, 0) is 26.1 Å². The van der Waals surface area contributed by atoms with Crippen molar-refractivity contribution in [2.45, 2.75) is 17.4 Å². The molecule has 35 heavy (non-hydrogen) atoms. The first-order chi connectivity index (χ1) is 16.7. The molecule has 0 saturated carbocycles. The van der Waals surface area contributed by atoms with Gasteiger partial charge in [0.05, 0.1) is 17.9 Å². The van der Waals surface area contributed by atoms with Crippen LogP contribution in [0.25, 0.3) is 11.1 Å². The number of sulfonamides is 1. The summed E-state index contributed by atoms with van der Waals surface area (Å²) in [5, 5.41) is 13.1. The highest BCUT2D eigenvalue weighted by Gasteiger charge is 2.39. The van der Waals surface area contributed by atoms with Crippen LogP contribution in [0.3, 0.4) is 0 Å². The molecular weight excluding hydrogens is 464 g/mol. The number of nitrogens with two attached hydrogens (primary N) is 2. The van der Waals surface area contributed by atoms with Crippen LogP contribution in [-0.4, -0.2) is 45.3 Å². The number of primary sulfonamides is 1. The Morgan fingerprint density at radius 1 is 1.06 bits per heavy atom. The predicted octanol–water partition coefficient (Wildman–Crippen LogP) is 2.67. The van der Waals surface area contributed by atoms with Gasteiger partial charge in [-0.05, 0) is 28.8 Å². The molecule has 1 heterocycles. The first-order valence-electron chi connectivity index (χ1n) is 11.1. The third kappa shape index (κ3) is 5.43. The summed E-state index contributed by atoms with van der Waals surface area (Å²) in [4.78, 5) is 14.8. The number of carbonyl (C=O) groups excluding carboxylic acids is 1. The molecule has 8 nitrogen and oxygen atoms in total. The fourth-order valence-corrected chi connectivity index (χ4v) is 5.44. The summed E-state index contributed by atoms with van der Waals surface area (Å²) in [5.74, 6) is -0.688. The van der Waals surface area contributed by atoms with Gasteiger partial charge in [0, 0.05) is 36.7 Å². The molecular formula is C26H28N4O4S. The second-order valence-electron chi connectivity index (χ2n) is 8.71. The number of nitrogens with zero attached hydrogens (tertiary/aromatic N) is 1. The molecule has 182 valence electrons. The lowest BCUT2D eigenvalue weighted by atomic mass is 9.88. The van der Waals surface area contributed by atoms with E-state index >= 15 is 0 Å². The van der Waals surface area contributed by atoms with Gasteiger partial charge in [0.2, 0.25) is 10.0 Å². The van der Waals surface area contributed by atoms with Crippen molar-refractivity contribution in [1.82, 2.24) is 4.90 Å². The van der Waals surface area contributed by atoms with Crippen molar-refractivity contribution < 1.29 is 17.9 Å². The molecule has 4 rings (SSSR count). The van der Waals surface area contributed by atoms with Gasteiger partial charge in [0.25, 0.3) is 0 Å². The monoisotopic (exact) mass is 492 g/mol. The third-order valence-electron chi connectivity index (χ3n) is 6.39. The Morgan fingerprint density at radius 3 is 2.43 bits per heavy atom. The number of rotatable bonds is 7. The molecule has 0 spiro atoms. The standard InChI is InChI=1S/C26H28N4O4S/c1-34-26(31)23-16-30(15-22(23)19-5-4-6-20(13-19)25(27)28)14-17-9-11-18(12-10-17)21-7-2-3-8-24(21)35(29,32)33/h2-13,22-23H,14-16H2,1H3,(H3,27,28)(H2,29,32,33)/t22-,23-/m0/s1. The van der Waals surface area contributed by atoms with E-state index < -0.39 is 10.0 Å². The predicted molar refractivity (Wildman–Crippen MR) is 134 cm³/mol. The van der Waals surface area contributed by atoms with E-state index in [2.05, 4.69) is 4.90 Å². The van der Waals surface area contributed by atoms with Crippen LogP contribution >= 0.6 is 0 Å². The first-order valence-corrected chi connectivity index (χ1v) is 12.7. The van der Waals surface area contributed by atoms with Gasteiger partial charge in [-0.1, -0.05) is 60.7 Å². The smallest absolute Gasteiger partial charge is 0.310 e. The fourth-order valence-electron chi connectivity index (χ4n) is 4.68. The Balaban J connectivity index is 1.55. The van der Waals surface area contributed by atoms with Gasteiger partial charge in [0.1, 0.15) is 5.84 Å². The molecule has 0 bridgehead atoms. The minimum Gasteiger partial charge on any atom is -0.469 e. The summed E-state index contributed by atoms with van der Waals surface area (Å²) in [6.07, 6.45) is 0. The lowest BCUT2D eigenvalue weighted by molar-refractivity contribution is -0.145. The molecule has 0 radical (unpaired) electrons. The molecule has 1 aliphatic heterocycles. The second kappa shape index (κ2) is 9.99. The van der Waals surface area contributed by atoms with Crippen molar-refractivity contribution in [2.24, 2.45) is 16.8 Å². The summed E-state index contributed by atoms with van der Waals surface area (Å²) >= 11 is 0. The SMILES string of the molecule is COC(=O)[C@H]1CN(Cc2ccc(-c3ccccc3S(N)(=O)=O)cc2)C[C@H]1c1cccc(C(=N)N)c1. The maximum atomic E-state index is 12.6. The number of hydrogen-bond acceptors (Lipinski definition) is 6. The number of carbonyl (C=O) groups is 1. The van der Waals surface area contributed by atoms with Crippen molar-refractivity contribution in [3.8, 4) is 11.1 Å². The van der Waals surface area contributed by atoms with Gasteiger partial charge in [-0.25, -0.2) is 13.6 Å². The lowest BCUT2D eigenvalue weighted by Crippen LogP contribution is -2.24. The van der Waals surface area contributed by atoms with Crippen molar-refractivity contribution in [3.05, 3.63) is 89.5 Å². The number of benzene rings is 3. The molecule has 2 atom stereocenters. The van der Waals surface area contributed by atoms with Crippen LogP contribution in [0.1, 0.15) is 22.6 Å². The number of nitrogen functional groups attached to an aromatic ring is 1. The minimum absolute atomic E-state index is 0.0135. The normalized spacial score (nSPS) is 18.3. The Morgan fingerprint density at radius 2 is 1.77 bits per heavy atom. The zero-order valence-corrected chi connectivity index (χ0v) is 20.2. The number of esters is 1. The quantitative estimate of drug-likeness (QED) is 0.263. The molecule has 1 aliphatic rings. The van der Waals surface area contributed by atoms with Crippen LogP contribution in [0.4, 0.5) is 0 Å². The minimum atomic E-state index is -3.84. The van der Waals surface area contributed by atoms with E-state index in [9.17, 15) is 13.2 Å². The number of amidine groups is 1. The van der Waals surface area contributed by atoms with Gasteiger partial charge < -0.3 is 10.5 Å². The topological polar surface area (TPSA) is 140 Å². The van der Waals surface area contributed by atoms with Crippen LogP contribution < -0.4 is 10.9 Å². The summed E-state index contributed by atoms with van der Waals surface area (Å²) in [6.45, 7) is 1.81. The van der Waals surface area contributed by atoms with E-state index in [0.717, 1.165) is 16.7 Å². The molecule has 1 fully saturated rings. The van der Waals surface area contributed by atoms with Gasteiger partial charge in [-0.2, -0.15) is 0 Å². The molecule has 0 unspecified atom stereocenters. The molecule has 0 amide bonds. The van der Waals surface area contributed by atoms with Crippen molar-refractivity contribution in [2.75, 3.05) is 20.2 Å². The molecule has 0 aromatic heterocycles. The number of methoxy groups -OCH3 is 1. The molecule has 1 saturated heterocycles. The number of likely N-dealkylation sites (tertiary alicyclic amines) is 1. The zero-order valence-electron chi connectivity index (χ0n) is 19.3. The highest BCUT2D eigenvalue weighted by atomic mass is 32.2. The van der Waals surface area contributed by atoms with E-state index in [1.54, 1.807) is 24.3 Å². The van der Waals surface area contributed by atoms with E-state index in [0.29, 0.717) is 30.8 Å². The van der Waals surface area contributed by atoms with E-state index in [1.807, 2.05) is 42.5 Å². The summed E-state index contributed by atoms with van der Waals surface area (Å²) in [7, 11) is -2.45. The second-order valence-corrected chi connectivity index (χ2v) is 10.2. The summed E-state index contributed by atoms with van der Waals surface area (Å²) in [6, 6.07) is 21.7. The van der Waals surface area contributed by atoms with Crippen molar-refractivity contribution in [1.29, 1.82) is 5.41 Å². The number of hydrogen-bond donors (Lipinski definition) is 3. The lowest BCUT2D eigenvalue weighted by Gasteiger charge is -2.17. The van der Waals surface area contributed by atoms with Crippen LogP contribution in [0.15, 0.2) is 77.7 Å². The maximum Gasteiger partial charge on any atom is 0.310 e. The fraction of sp³-hybridized carbons (Fsp3) is 0.231. The largest absolute Gasteiger partial charge is 0.469 e. The van der Waals surface area contributed by atoms with E-state index in [4.69, 9.17) is 21.0 Å². The highest BCUT2D eigenvalue weighted by Crippen LogP contribution is 2.35. The molecule has 3 aromatic rings. The molecule has 3 aromatic carbocycles. The molecule has 5 N–H and O–H groups in total. The molecule has 9 heteroatoms. The molecule has 0 aliphatic carbocycles.